The molecule has 0 aromatic heterocycles. The third-order valence-electron chi connectivity index (χ3n) is 4.16. The fraction of sp³-hybridized carbons (Fsp3) is 0.294. The molecule has 0 heterocycles. The summed E-state index contributed by atoms with van der Waals surface area (Å²) >= 11 is 0. The van der Waals surface area contributed by atoms with Crippen molar-refractivity contribution in [3.63, 3.8) is 0 Å². The second kappa shape index (κ2) is 5.17. The zero-order valence-electron chi connectivity index (χ0n) is 11.9. The van der Waals surface area contributed by atoms with Crippen LogP contribution in [0.15, 0.2) is 48.5 Å². The molecular formula is C17H20N2O. The number of methoxy groups -OCH3 is 1. The number of hydrogen-bond acceptors (Lipinski definition) is 3. The fourth-order valence-electron chi connectivity index (χ4n) is 3.10. The molecule has 0 spiro atoms. The van der Waals surface area contributed by atoms with Crippen LogP contribution < -0.4 is 15.4 Å². The first-order chi connectivity index (χ1) is 9.72. The summed E-state index contributed by atoms with van der Waals surface area (Å²) in [7, 11) is 3.82. The van der Waals surface area contributed by atoms with Gasteiger partial charge in [-0.1, -0.05) is 36.4 Å². The highest BCUT2D eigenvalue weighted by atomic mass is 16.5. The minimum atomic E-state index is 0.119. The van der Waals surface area contributed by atoms with E-state index in [9.17, 15) is 0 Å². The van der Waals surface area contributed by atoms with Gasteiger partial charge in [0.15, 0.2) is 0 Å². The zero-order chi connectivity index (χ0) is 14.1. The first-order valence-corrected chi connectivity index (χ1v) is 6.92. The van der Waals surface area contributed by atoms with Crippen molar-refractivity contribution in [1.82, 2.24) is 0 Å². The van der Waals surface area contributed by atoms with Crippen LogP contribution in [-0.2, 0) is 0 Å². The van der Waals surface area contributed by atoms with E-state index in [0.29, 0.717) is 6.04 Å². The highest BCUT2D eigenvalue weighted by Crippen LogP contribution is 2.43. The first kappa shape index (κ1) is 13.0. The molecule has 0 bridgehead atoms. The quantitative estimate of drug-likeness (QED) is 0.928. The van der Waals surface area contributed by atoms with Crippen molar-refractivity contribution in [3.05, 3.63) is 59.7 Å². The largest absolute Gasteiger partial charge is 0.495 e. The van der Waals surface area contributed by atoms with E-state index >= 15 is 0 Å². The standard InChI is InChI=1S/C17H20N2O/c1-19(15-9-5-6-10-17(15)20-2)16-11-14(18)12-7-3-4-8-13(12)16/h3-10,14,16H,11,18H2,1-2H3. The monoisotopic (exact) mass is 268 g/mol. The summed E-state index contributed by atoms with van der Waals surface area (Å²) in [5.74, 6) is 0.896. The van der Waals surface area contributed by atoms with Crippen molar-refractivity contribution < 1.29 is 4.74 Å². The van der Waals surface area contributed by atoms with Gasteiger partial charge in [0.1, 0.15) is 5.75 Å². The van der Waals surface area contributed by atoms with Crippen molar-refractivity contribution in [2.24, 2.45) is 5.73 Å². The molecule has 104 valence electrons. The average molecular weight is 268 g/mol. The maximum Gasteiger partial charge on any atom is 0.142 e. The van der Waals surface area contributed by atoms with Gasteiger partial charge in [-0.05, 0) is 29.7 Å². The van der Waals surface area contributed by atoms with Crippen LogP contribution in [-0.4, -0.2) is 14.2 Å². The summed E-state index contributed by atoms with van der Waals surface area (Å²) in [4.78, 5) is 2.27. The topological polar surface area (TPSA) is 38.5 Å². The lowest BCUT2D eigenvalue weighted by molar-refractivity contribution is 0.413. The van der Waals surface area contributed by atoms with Crippen molar-refractivity contribution in [1.29, 1.82) is 0 Å². The van der Waals surface area contributed by atoms with Crippen molar-refractivity contribution >= 4 is 5.69 Å². The fourth-order valence-corrected chi connectivity index (χ4v) is 3.10. The predicted octanol–water partition coefficient (Wildman–Crippen LogP) is 3.28. The molecule has 3 nitrogen and oxygen atoms in total. The Morgan fingerprint density at radius 3 is 2.45 bits per heavy atom. The molecule has 2 unspecified atom stereocenters. The number of hydrogen-bond donors (Lipinski definition) is 1. The Kier molecular flexibility index (Phi) is 3.36. The van der Waals surface area contributed by atoms with E-state index in [2.05, 4.69) is 42.3 Å². The maximum atomic E-state index is 6.27. The van der Waals surface area contributed by atoms with E-state index in [-0.39, 0.29) is 6.04 Å². The van der Waals surface area contributed by atoms with E-state index in [1.807, 2.05) is 18.2 Å². The second-order valence-electron chi connectivity index (χ2n) is 5.27. The Morgan fingerprint density at radius 2 is 1.70 bits per heavy atom. The van der Waals surface area contributed by atoms with Gasteiger partial charge >= 0.3 is 0 Å². The van der Waals surface area contributed by atoms with Crippen LogP contribution in [0, 0.1) is 0 Å². The molecule has 3 heteroatoms. The second-order valence-corrected chi connectivity index (χ2v) is 5.27. The molecule has 0 radical (unpaired) electrons. The Labute approximate surface area is 120 Å². The van der Waals surface area contributed by atoms with Gasteiger partial charge in [0.25, 0.3) is 0 Å². The molecule has 20 heavy (non-hydrogen) atoms. The number of rotatable bonds is 3. The molecule has 2 atom stereocenters. The predicted molar refractivity (Wildman–Crippen MR) is 82.1 cm³/mol. The minimum Gasteiger partial charge on any atom is -0.495 e. The highest BCUT2D eigenvalue weighted by molar-refractivity contribution is 5.60. The van der Waals surface area contributed by atoms with Crippen molar-refractivity contribution in [3.8, 4) is 5.75 Å². The van der Waals surface area contributed by atoms with Gasteiger partial charge in [0.05, 0.1) is 18.8 Å². The van der Waals surface area contributed by atoms with Crippen LogP contribution in [0.1, 0.15) is 29.6 Å². The van der Waals surface area contributed by atoms with E-state index in [0.717, 1.165) is 17.9 Å². The zero-order valence-corrected chi connectivity index (χ0v) is 11.9. The smallest absolute Gasteiger partial charge is 0.142 e. The lowest BCUT2D eigenvalue weighted by atomic mass is 10.1. The lowest BCUT2D eigenvalue weighted by Gasteiger charge is -2.29. The Hall–Kier alpha value is -2.00. The van der Waals surface area contributed by atoms with Gasteiger partial charge in [0.2, 0.25) is 0 Å². The normalized spacial score (nSPS) is 20.6. The summed E-state index contributed by atoms with van der Waals surface area (Å²) < 4.78 is 5.47. The number of anilines is 1. The van der Waals surface area contributed by atoms with Crippen LogP contribution in [0.25, 0.3) is 0 Å². The summed E-state index contributed by atoms with van der Waals surface area (Å²) in [6.07, 6.45) is 0.938. The number of benzene rings is 2. The molecular weight excluding hydrogens is 248 g/mol. The van der Waals surface area contributed by atoms with Crippen LogP contribution in [0.4, 0.5) is 5.69 Å². The van der Waals surface area contributed by atoms with Gasteiger partial charge < -0.3 is 15.4 Å². The number of ether oxygens (including phenoxy) is 1. The van der Waals surface area contributed by atoms with E-state index in [1.165, 1.54) is 11.1 Å². The molecule has 0 aliphatic heterocycles. The Morgan fingerprint density at radius 1 is 1.05 bits per heavy atom. The molecule has 0 amide bonds. The van der Waals surface area contributed by atoms with Crippen molar-refractivity contribution in [2.75, 3.05) is 19.1 Å². The minimum absolute atomic E-state index is 0.119. The molecule has 0 fully saturated rings. The number of para-hydroxylation sites is 2. The number of nitrogens with zero attached hydrogens (tertiary/aromatic N) is 1. The van der Waals surface area contributed by atoms with Crippen LogP contribution in [0.3, 0.4) is 0 Å². The summed E-state index contributed by atoms with van der Waals surface area (Å²) in [5, 5.41) is 0. The van der Waals surface area contributed by atoms with Gasteiger partial charge in [-0.2, -0.15) is 0 Å². The van der Waals surface area contributed by atoms with Crippen LogP contribution in [0.5, 0.6) is 5.75 Å². The van der Waals surface area contributed by atoms with Crippen LogP contribution in [0.2, 0.25) is 0 Å². The molecule has 2 aromatic rings. The Bertz CT molecular complexity index is 611. The maximum absolute atomic E-state index is 6.27. The SMILES string of the molecule is COc1ccccc1N(C)C1CC(N)c2ccccc21. The van der Waals surface area contributed by atoms with Gasteiger partial charge in [-0.25, -0.2) is 0 Å². The van der Waals surface area contributed by atoms with Crippen molar-refractivity contribution in [2.45, 2.75) is 18.5 Å². The molecule has 0 saturated carbocycles. The third kappa shape index (κ3) is 2.04. The average Bonchev–Trinajstić information content (AvgIpc) is 2.84. The van der Waals surface area contributed by atoms with Gasteiger partial charge in [-0.3, -0.25) is 0 Å². The summed E-state index contributed by atoms with van der Waals surface area (Å²) in [6.45, 7) is 0. The third-order valence-corrected chi connectivity index (χ3v) is 4.16. The molecule has 3 rings (SSSR count). The van der Waals surface area contributed by atoms with Gasteiger partial charge in [-0.15, -0.1) is 0 Å². The van der Waals surface area contributed by atoms with E-state index in [4.69, 9.17) is 10.5 Å². The molecule has 2 aromatic carbocycles. The van der Waals surface area contributed by atoms with E-state index in [1.54, 1.807) is 7.11 Å². The molecule has 2 N–H and O–H groups in total. The van der Waals surface area contributed by atoms with Gasteiger partial charge in [0, 0.05) is 13.1 Å². The van der Waals surface area contributed by atoms with E-state index < -0.39 is 0 Å². The molecule has 0 saturated heterocycles. The number of nitrogens with two attached hydrogens (primary N) is 1. The number of fused-ring (bicyclic) bond motifs is 1. The summed E-state index contributed by atoms with van der Waals surface area (Å²) in [6, 6.07) is 17.0. The van der Waals surface area contributed by atoms with Crippen LogP contribution >= 0.6 is 0 Å². The molecule has 1 aliphatic carbocycles. The lowest BCUT2D eigenvalue weighted by Crippen LogP contribution is -2.23. The molecule has 1 aliphatic rings. The first-order valence-electron chi connectivity index (χ1n) is 6.92. The highest BCUT2D eigenvalue weighted by Gasteiger charge is 2.31. The Balaban J connectivity index is 1.98. The summed E-state index contributed by atoms with van der Waals surface area (Å²) in [5.41, 5.74) is 9.96.